The van der Waals surface area contributed by atoms with Gasteiger partial charge in [-0.2, -0.15) is 5.26 Å². The van der Waals surface area contributed by atoms with Gasteiger partial charge in [0.25, 0.3) is 11.8 Å². The van der Waals surface area contributed by atoms with Gasteiger partial charge < -0.3 is 30.5 Å². The molecule has 44 heavy (non-hydrogen) atoms. The fourth-order valence-electron chi connectivity index (χ4n) is 4.12. The first kappa shape index (κ1) is 33.2. The number of likely N-dealkylation sites (N-methyl/N-ethyl adjacent to an activating group) is 1. The Morgan fingerprint density at radius 2 is 1.64 bits per heavy atom. The number of hydrogen-bond donors (Lipinski definition) is 4. The van der Waals surface area contributed by atoms with E-state index in [4.69, 9.17) is 4.52 Å². The Hall–Kier alpha value is -5.28. The van der Waals surface area contributed by atoms with Crippen LogP contribution in [0.4, 0.5) is 0 Å². The molecular weight excluding hydrogens is 564 g/mol. The Bertz CT molecular complexity index is 1550. The van der Waals surface area contributed by atoms with Crippen molar-refractivity contribution < 1.29 is 28.8 Å². The van der Waals surface area contributed by atoms with Crippen molar-refractivity contribution in [3.8, 4) is 6.07 Å². The number of nitrogens with zero attached hydrogens (tertiary/aromatic N) is 3. The fourth-order valence-corrected chi connectivity index (χ4v) is 4.12. The van der Waals surface area contributed by atoms with Gasteiger partial charge in [-0.05, 0) is 43.5 Å². The van der Waals surface area contributed by atoms with E-state index in [1.165, 1.54) is 24.0 Å². The number of hydrogen-bond acceptors (Lipinski definition) is 8. The van der Waals surface area contributed by atoms with E-state index in [1.807, 2.05) is 37.3 Å². The smallest absolute Gasteiger partial charge is 0.274 e. The topological polar surface area (TPSA) is 178 Å². The van der Waals surface area contributed by atoms with E-state index in [0.717, 1.165) is 11.1 Å². The van der Waals surface area contributed by atoms with Gasteiger partial charge in [-0.3, -0.25) is 19.2 Å². The SMILES string of the molecule is Cc1ccc(CNC(=O)C(Cc2ccc(C=C(C#N)C(=O)N(C)C)cc2)NC(=O)C(NC(=O)c2cc(C)on2)C(C)O)cc1. The molecule has 1 heterocycles. The minimum absolute atomic E-state index is 0.0321. The predicted octanol–water partition coefficient (Wildman–Crippen LogP) is 1.81. The number of rotatable bonds is 12. The number of carbonyl (C=O) groups excluding carboxylic acids is 4. The second-order valence-corrected chi connectivity index (χ2v) is 10.6. The van der Waals surface area contributed by atoms with E-state index in [0.29, 0.717) is 16.9 Å². The van der Waals surface area contributed by atoms with Crippen molar-refractivity contribution in [3.63, 3.8) is 0 Å². The molecule has 0 aliphatic rings. The summed E-state index contributed by atoms with van der Waals surface area (Å²) in [6, 6.07) is 15.3. The van der Waals surface area contributed by atoms with Gasteiger partial charge in [0.05, 0.1) is 6.10 Å². The highest BCUT2D eigenvalue weighted by atomic mass is 16.5. The number of aliphatic hydroxyl groups is 1. The highest BCUT2D eigenvalue weighted by Crippen LogP contribution is 2.13. The van der Waals surface area contributed by atoms with Crippen LogP contribution in [0.1, 0.15) is 45.4 Å². The molecule has 0 spiro atoms. The Labute approximate surface area is 255 Å². The summed E-state index contributed by atoms with van der Waals surface area (Å²) in [5.74, 6) is -2.01. The Kier molecular flexibility index (Phi) is 11.5. The number of aryl methyl sites for hydroxylation is 2. The summed E-state index contributed by atoms with van der Waals surface area (Å²) < 4.78 is 4.91. The molecule has 0 radical (unpaired) electrons. The summed E-state index contributed by atoms with van der Waals surface area (Å²) in [5, 5.41) is 31.3. The molecule has 2 aromatic carbocycles. The van der Waals surface area contributed by atoms with Crippen molar-refractivity contribution in [2.45, 2.75) is 51.9 Å². The fraction of sp³-hybridized carbons (Fsp3) is 0.312. The van der Waals surface area contributed by atoms with Gasteiger partial charge in [0.1, 0.15) is 29.5 Å². The second kappa shape index (κ2) is 15.3. The van der Waals surface area contributed by atoms with E-state index < -0.39 is 41.8 Å². The number of nitrogens with one attached hydrogen (secondary N) is 3. The third-order valence-electron chi connectivity index (χ3n) is 6.62. The number of carbonyl (C=O) groups is 4. The van der Waals surface area contributed by atoms with E-state index >= 15 is 0 Å². The van der Waals surface area contributed by atoms with Crippen LogP contribution in [0.25, 0.3) is 6.08 Å². The van der Waals surface area contributed by atoms with Crippen molar-refractivity contribution in [2.75, 3.05) is 14.1 Å². The molecule has 3 unspecified atom stereocenters. The van der Waals surface area contributed by atoms with Gasteiger partial charge in [0.2, 0.25) is 11.8 Å². The first-order valence-electron chi connectivity index (χ1n) is 13.9. The van der Waals surface area contributed by atoms with Gasteiger partial charge >= 0.3 is 0 Å². The summed E-state index contributed by atoms with van der Waals surface area (Å²) in [4.78, 5) is 52.8. The number of benzene rings is 2. The van der Waals surface area contributed by atoms with E-state index in [9.17, 15) is 29.5 Å². The highest BCUT2D eigenvalue weighted by Gasteiger charge is 2.31. The van der Waals surface area contributed by atoms with E-state index in [2.05, 4.69) is 21.1 Å². The van der Waals surface area contributed by atoms with E-state index in [1.54, 1.807) is 45.3 Å². The molecule has 0 aliphatic carbocycles. The van der Waals surface area contributed by atoms with Crippen molar-refractivity contribution in [2.24, 2.45) is 0 Å². The van der Waals surface area contributed by atoms with Crippen LogP contribution in [0.2, 0.25) is 0 Å². The minimum atomic E-state index is -1.39. The van der Waals surface area contributed by atoms with Crippen molar-refractivity contribution >= 4 is 29.7 Å². The predicted molar refractivity (Wildman–Crippen MR) is 162 cm³/mol. The molecule has 3 atom stereocenters. The maximum Gasteiger partial charge on any atom is 0.274 e. The molecule has 0 saturated carbocycles. The highest BCUT2D eigenvalue weighted by molar-refractivity contribution is 6.01. The normalized spacial score (nSPS) is 13.2. The average Bonchev–Trinajstić information content (AvgIpc) is 3.44. The zero-order valence-corrected chi connectivity index (χ0v) is 25.2. The van der Waals surface area contributed by atoms with Crippen molar-refractivity contribution in [3.05, 3.63) is 93.9 Å². The van der Waals surface area contributed by atoms with Crippen molar-refractivity contribution in [1.29, 1.82) is 5.26 Å². The summed E-state index contributed by atoms with van der Waals surface area (Å²) >= 11 is 0. The Morgan fingerprint density at radius 1 is 1.00 bits per heavy atom. The monoisotopic (exact) mass is 600 g/mol. The number of aromatic nitrogens is 1. The molecule has 3 rings (SSSR count). The molecule has 1 aromatic heterocycles. The molecule has 4 N–H and O–H groups in total. The third kappa shape index (κ3) is 9.37. The van der Waals surface area contributed by atoms with Crippen LogP contribution in [0.15, 0.2) is 64.7 Å². The molecule has 0 saturated heterocycles. The summed E-state index contributed by atoms with van der Waals surface area (Å²) in [6.07, 6.45) is 0.236. The number of aliphatic hydroxyl groups excluding tert-OH is 1. The van der Waals surface area contributed by atoms with Gasteiger partial charge in [-0.1, -0.05) is 59.3 Å². The lowest BCUT2D eigenvalue weighted by molar-refractivity contribution is -0.131. The van der Waals surface area contributed by atoms with Crippen LogP contribution in [0, 0.1) is 25.2 Å². The standard InChI is InChI=1S/C32H36N6O6/c1-19-6-8-24(9-7-19)18-34-29(40)26(16-23-12-10-22(11-13-23)15-25(17-33)32(43)38(4)5)35-31(42)28(21(3)39)36-30(41)27-14-20(2)44-37-27/h6-15,21,26,28,39H,16,18H2,1-5H3,(H,34,40)(H,35,42)(H,36,41). The van der Waals surface area contributed by atoms with Crippen LogP contribution < -0.4 is 16.0 Å². The van der Waals surface area contributed by atoms with Gasteiger partial charge in [0, 0.05) is 33.1 Å². The zero-order valence-electron chi connectivity index (χ0n) is 25.2. The molecule has 0 fully saturated rings. The molecular formula is C32H36N6O6. The summed E-state index contributed by atoms with van der Waals surface area (Å²) in [6.45, 7) is 5.12. The lowest BCUT2D eigenvalue weighted by Crippen LogP contribution is -2.57. The first-order valence-corrected chi connectivity index (χ1v) is 13.9. The first-order chi connectivity index (χ1) is 20.9. The molecule has 12 heteroatoms. The van der Waals surface area contributed by atoms with Crippen LogP contribution in [0.3, 0.4) is 0 Å². The number of amides is 4. The Balaban J connectivity index is 1.81. The quantitative estimate of drug-likeness (QED) is 0.180. The number of nitriles is 1. The molecule has 12 nitrogen and oxygen atoms in total. The van der Waals surface area contributed by atoms with E-state index in [-0.39, 0.29) is 24.2 Å². The van der Waals surface area contributed by atoms with Gasteiger partial charge in [-0.15, -0.1) is 0 Å². The third-order valence-corrected chi connectivity index (χ3v) is 6.62. The van der Waals surface area contributed by atoms with Crippen LogP contribution in [-0.4, -0.2) is 71.1 Å². The molecule has 0 bridgehead atoms. The van der Waals surface area contributed by atoms with Crippen molar-refractivity contribution in [1.82, 2.24) is 26.0 Å². The van der Waals surface area contributed by atoms with Crippen LogP contribution in [-0.2, 0) is 27.3 Å². The lowest BCUT2D eigenvalue weighted by atomic mass is 10.0. The van der Waals surface area contributed by atoms with Crippen LogP contribution in [0.5, 0.6) is 0 Å². The average molecular weight is 601 g/mol. The van der Waals surface area contributed by atoms with Gasteiger partial charge in [0.15, 0.2) is 5.69 Å². The molecule has 3 aromatic rings. The summed E-state index contributed by atoms with van der Waals surface area (Å²) in [7, 11) is 3.11. The summed E-state index contributed by atoms with van der Waals surface area (Å²) in [5.41, 5.74) is 3.12. The molecule has 4 amide bonds. The largest absolute Gasteiger partial charge is 0.391 e. The van der Waals surface area contributed by atoms with Crippen LogP contribution >= 0.6 is 0 Å². The second-order valence-electron chi connectivity index (χ2n) is 10.6. The maximum absolute atomic E-state index is 13.4. The zero-order chi connectivity index (χ0) is 32.4. The molecule has 0 aliphatic heterocycles. The minimum Gasteiger partial charge on any atom is -0.391 e. The lowest BCUT2D eigenvalue weighted by Gasteiger charge is -2.24. The Morgan fingerprint density at radius 3 is 2.18 bits per heavy atom. The molecule has 230 valence electrons. The van der Waals surface area contributed by atoms with Gasteiger partial charge in [-0.25, -0.2) is 0 Å². The maximum atomic E-state index is 13.4.